The third kappa shape index (κ3) is 2.89. The van der Waals surface area contributed by atoms with Gasteiger partial charge in [-0.3, -0.25) is 0 Å². The lowest BCUT2D eigenvalue weighted by atomic mass is 9.83. The molecule has 4 aromatic rings. The van der Waals surface area contributed by atoms with Gasteiger partial charge in [0.2, 0.25) is 0 Å². The van der Waals surface area contributed by atoms with E-state index in [4.69, 9.17) is 4.84 Å². The lowest BCUT2D eigenvalue weighted by Gasteiger charge is -2.22. The highest BCUT2D eigenvalue weighted by Gasteiger charge is 2.19. The first-order chi connectivity index (χ1) is 12.1. The second-order valence-corrected chi connectivity index (χ2v) is 9.20. The lowest BCUT2D eigenvalue weighted by molar-refractivity contribution is -0.0540. The van der Waals surface area contributed by atoms with Crippen LogP contribution in [0.25, 0.3) is 32.3 Å². The van der Waals surface area contributed by atoms with Crippen molar-refractivity contribution < 1.29 is 4.84 Å². The summed E-state index contributed by atoms with van der Waals surface area (Å²) in [7, 11) is 0. The lowest BCUT2D eigenvalue weighted by Crippen LogP contribution is -2.22. The van der Waals surface area contributed by atoms with Gasteiger partial charge in [-0.05, 0) is 64.7 Å². The van der Waals surface area contributed by atoms with E-state index in [1.807, 2.05) is 26.8 Å². The van der Waals surface area contributed by atoms with Crippen molar-refractivity contribution in [1.29, 1.82) is 0 Å². The number of nitrogens with zero attached hydrogens (tertiary/aromatic N) is 1. The van der Waals surface area contributed by atoms with Gasteiger partial charge in [0, 0.05) is 5.39 Å². The number of benzene rings is 4. The Labute approximate surface area is 155 Å². The van der Waals surface area contributed by atoms with E-state index >= 15 is 0 Å². The van der Waals surface area contributed by atoms with Crippen LogP contribution in [0.15, 0.2) is 48.5 Å². The first-order valence-corrected chi connectivity index (χ1v) is 9.25. The fourth-order valence-corrected chi connectivity index (χ4v) is 3.50. The van der Waals surface area contributed by atoms with Crippen LogP contribution in [0, 0.1) is 0 Å². The highest BCUT2D eigenvalue weighted by atomic mass is 16.7. The molecule has 2 heteroatoms. The second kappa shape index (κ2) is 5.59. The van der Waals surface area contributed by atoms with Crippen molar-refractivity contribution in [2.45, 2.75) is 52.6 Å². The molecule has 0 spiro atoms. The van der Waals surface area contributed by atoms with E-state index in [2.05, 4.69) is 68.7 Å². The van der Waals surface area contributed by atoms with Crippen LogP contribution < -0.4 is 5.48 Å². The molecular weight excluding hydrogens is 318 g/mol. The molecule has 1 radical (unpaired) electrons. The molecule has 0 bridgehead atoms. The molecule has 0 atom stereocenters. The molecule has 0 heterocycles. The fourth-order valence-electron chi connectivity index (χ4n) is 3.50. The normalized spacial score (nSPS) is 13.2. The molecule has 133 valence electrons. The van der Waals surface area contributed by atoms with Gasteiger partial charge < -0.3 is 0 Å². The van der Waals surface area contributed by atoms with Gasteiger partial charge in [-0.2, -0.15) is 0 Å². The Hall–Kier alpha value is -2.32. The van der Waals surface area contributed by atoms with E-state index in [-0.39, 0.29) is 11.0 Å². The minimum atomic E-state index is -0.300. The van der Waals surface area contributed by atoms with Gasteiger partial charge in [-0.25, -0.2) is 4.84 Å². The standard InChI is InChI=1S/C24H26NO/c1-23(2,3)18-13-16-8-7-15-10-12-20(25-26-24(4,5)6)19-11-9-17(14-18)21(16)22(15)19/h7-14H,1-6H3. The SMILES string of the molecule is CC(C)(C)O[N]c1ccc2ccc3cc(C(C)(C)C)cc4ccc1c2c34. The minimum absolute atomic E-state index is 0.130. The molecule has 4 aromatic carbocycles. The van der Waals surface area contributed by atoms with Crippen molar-refractivity contribution in [2.75, 3.05) is 0 Å². The van der Waals surface area contributed by atoms with Crippen molar-refractivity contribution in [3.05, 3.63) is 54.1 Å². The van der Waals surface area contributed by atoms with Gasteiger partial charge >= 0.3 is 0 Å². The molecule has 0 fully saturated rings. The number of hydrogen-bond acceptors (Lipinski definition) is 1. The first-order valence-electron chi connectivity index (χ1n) is 9.25. The van der Waals surface area contributed by atoms with Gasteiger partial charge in [0.15, 0.2) is 0 Å². The van der Waals surface area contributed by atoms with Crippen molar-refractivity contribution in [2.24, 2.45) is 0 Å². The van der Waals surface area contributed by atoms with Crippen LogP contribution in [0.1, 0.15) is 47.1 Å². The third-order valence-corrected chi connectivity index (χ3v) is 4.86. The predicted octanol–water partition coefficient (Wildman–Crippen LogP) is 6.85. The van der Waals surface area contributed by atoms with Crippen LogP contribution in [-0.2, 0) is 10.3 Å². The minimum Gasteiger partial charge on any atom is -0.246 e. The van der Waals surface area contributed by atoms with E-state index in [9.17, 15) is 0 Å². The van der Waals surface area contributed by atoms with Crippen LogP contribution in [0.4, 0.5) is 5.69 Å². The van der Waals surface area contributed by atoms with Crippen LogP contribution in [0.2, 0.25) is 0 Å². The molecule has 0 aromatic heterocycles. The Morgan fingerprint density at radius 3 is 1.88 bits per heavy atom. The molecule has 0 amide bonds. The Kier molecular flexibility index (Phi) is 3.68. The molecule has 0 saturated carbocycles. The highest BCUT2D eigenvalue weighted by molar-refractivity contribution is 6.25. The van der Waals surface area contributed by atoms with Crippen molar-refractivity contribution in [3.8, 4) is 0 Å². The van der Waals surface area contributed by atoms with Crippen LogP contribution in [-0.4, -0.2) is 5.60 Å². The zero-order valence-corrected chi connectivity index (χ0v) is 16.5. The summed E-state index contributed by atoms with van der Waals surface area (Å²) in [6.45, 7) is 12.8. The molecule has 0 saturated heterocycles. The van der Waals surface area contributed by atoms with Crippen LogP contribution in [0.3, 0.4) is 0 Å². The van der Waals surface area contributed by atoms with Crippen molar-refractivity contribution in [1.82, 2.24) is 5.48 Å². The summed E-state index contributed by atoms with van der Waals surface area (Å²) in [4.78, 5) is 5.69. The monoisotopic (exact) mass is 344 g/mol. The largest absolute Gasteiger partial charge is 0.246 e. The molecule has 26 heavy (non-hydrogen) atoms. The number of rotatable bonds is 2. The highest BCUT2D eigenvalue weighted by Crippen LogP contribution is 2.40. The fraction of sp³-hybridized carbons (Fsp3) is 0.333. The molecule has 0 aliphatic rings. The van der Waals surface area contributed by atoms with Crippen LogP contribution in [0.5, 0.6) is 0 Å². The second-order valence-electron chi connectivity index (χ2n) is 9.20. The van der Waals surface area contributed by atoms with E-state index in [0.29, 0.717) is 0 Å². The van der Waals surface area contributed by atoms with Gasteiger partial charge in [-0.1, -0.05) is 63.2 Å². The van der Waals surface area contributed by atoms with Crippen molar-refractivity contribution in [3.63, 3.8) is 0 Å². The van der Waals surface area contributed by atoms with E-state index in [1.54, 1.807) is 0 Å². The summed E-state index contributed by atoms with van der Waals surface area (Å²) in [5.41, 5.74) is 6.53. The third-order valence-electron chi connectivity index (χ3n) is 4.86. The summed E-state index contributed by atoms with van der Waals surface area (Å²) >= 11 is 0. The maximum absolute atomic E-state index is 5.69. The molecule has 4 rings (SSSR count). The molecule has 0 aliphatic carbocycles. The average Bonchev–Trinajstić information content (AvgIpc) is 2.56. The smallest absolute Gasteiger partial charge is 0.0984 e. The Morgan fingerprint density at radius 1 is 0.692 bits per heavy atom. The van der Waals surface area contributed by atoms with Crippen LogP contribution >= 0.6 is 0 Å². The zero-order chi connectivity index (χ0) is 18.7. The molecule has 0 N–H and O–H groups in total. The molecule has 2 nitrogen and oxygen atoms in total. The zero-order valence-electron chi connectivity index (χ0n) is 16.5. The Balaban J connectivity index is 1.98. The van der Waals surface area contributed by atoms with Crippen molar-refractivity contribution >= 4 is 38.0 Å². The number of hydrogen-bond donors (Lipinski definition) is 0. The van der Waals surface area contributed by atoms with Gasteiger partial charge in [0.25, 0.3) is 0 Å². The topological polar surface area (TPSA) is 23.3 Å². The first kappa shape index (κ1) is 17.1. The van der Waals surface area contributed by atoms with E-state index in [0.717, 1.165) is 11.1 Å². The Morgan fingerprint density at radius 2 is 1.27 bits per heavy atom. The maximum Gasteiger partial charge on any atom is 0.0984 e. The molecule has 0 aliphatic heterocycles. The van der Waals surface area contributed by atoms with E-state index < -0.39 is 0 Å². The summed E-state index contributed by atoms with van der Waals surface area (Å²) in [5, 5.41) is 7.57. The molecule has 0 unspecified atom stereocenters. The summed E-state index contributed by atoms with van der Waals surface area (Å²) in [5.74, 6) is 0. The maximum atomic E-state index is 5.69. The predicted molar refractivity (Wildman–Crippen MR) is 111 cm³/mol. The Bertz CT molecular complexity index is 1080. The molecular formula is C24H26NO. The van der Waals surface area contributed by atoms with E-state index in [1.165, 1.54) is 32.5 Å². The van der Waals surface area contributed by atoms with Gasteiger partial charge in [0.05, 0.1) is 11.3 Å². The summed E-state index contributed by atoms with van der Waals surface area (Å²) in [6, 6.07) is 17.7. The van der Waals surface area contributed by atoms with Gasteiger partial charge in [-0.15, -0.1) is 5.48 Å². The van der Waals surface area contributed by atoms with Gasteiger partial charge in [0.1, 0.15) is 0 Å². The average molecular weight is 344 g/mol. The quantitative estimate of drug-likeness (QED) is 0.288. The summed E-state index contributed by atoms with van der Waals surface area (Å²) in [6.07, 6.45) is 0. The summed E-state index contributed by atoms with van der Waals surface area (Å²) < 4.78 is 0.